The van der Waals surface area contributed by atoms with Gasteiger partial charge < -0.3 is 15.4 Å². The molecule has 1 aromatic carbocycles. The summed E-state index contributed by atoms with van der Waals surface area (Å²) in [5.41, 5.74) is 2.50. The second kappa shape index (κ2) is 11.5. The van der Waals surface area contributed by atoms with Gasteiger partial charge in [-0.2, -0.15) is 0 Å². The van der Waals surface area contributed by atoms with E-state index >= 15 is 0 Å². The number of rotatable bonds is 11. The minimum Gasteiger partial charge on any atom is -0.385 e. The molecule has 1 aromatic rings. The average Bonchev–Trinajstić information content (AvgIpc) is 2.62. The Kier molecular flexibility index (Phi) is 9.12. The molecule has 2 rings (SSSR count). The van der Waals surface area contributed by atoms with Crippen molar-refractivity contribution in [3.63, 3.8) is 0 Å². The van der Waals surface area contributed by atoms with Gasteiger partial charge in [0.1, 0.15) is 0 Å². The van der Waals surface area contributed by atoms with Crippen LogP contribution in [0.15, 0.2) is 24.3 Å². The van der Waals surface area contributed by atoms with E-state index in [1.165, 1.54) is 62.6 Å². The first kappa shape index (κ1) is 18.3. The lowest BCUT2D eigenvalue weighted by Crippen LogP contribution is -2.33. The van der Waals surface area contributed by atoms with Crippen molar-refractivity contribution in [2.45, 2.75) is 64.4 Å². The molecule has 1 atom stereocenters. The van der Waals surface area contributed by atoms with Crippen molar-refractivity contribution in [1.82, 2.24) is 5.32 Å². The highest BCUT2D eigenvalue weighted by atomic mass is 16.5. The zero-order chi connectivity index (χ0) is 16.2. The first-order valence-electron chi connectivity index (χ1n) is 9.56. The van der Waals surface area contributed by atoms with Gasteiger partial charge in [-0.05, 0) is 24.1 Å². The van der Waals surface area contributed by atoms with E-state index in [4.69, 9.17) is 4.74 Å². The molecule has 0 aromatic heterocycles. The van der Waals surface area contributed by atoms with Gasteiger partial charge in [0.25, 0.3) is 0 Å². The number of anilines is 1. The van der Waals surface area contributed by atoms with Crippen molar-refractivity contribution in [2.75, 3.05) is 31.6 Å². The van der Waals surface area contributed by atoms with Crippen LogP contribution in [0, 0.1) is 0 Å². The molecule has 1 saturated heterocycles. The summed E-state index contributed by atoms with van der Waals surface area (Å²) in [5.74, 6) is 0. The van der Waals surface area contributed by atoms with Crippen molar-refractivity contribution in [3.8, 4) is 0 Å². The predicted octanol–water partition coefficient (Wildman–Crippen LogP) is 4.90. The molecule has 1 unspecified atom stereocenters. The number of benzene rings is 1. The topological polar surface area (TPSA) is 33.3 Å². The number of unbranched alkanes of at least 4 members (excludes halogenated alkanes) is 7. The van der Waals surface area contributed by atoms with Crippen molar-refractivity contribution in [2.24, 2.45) is 0 Å². The lowest BCUT2D eigenvalue weighted by atomic mass is 10.1. The molecule has 1 fully saturated rings. The molecule has 0 bridgehead atoms. The van der Waals surface area contributed by atoms with Gasteiger partial charge in [-0.1, -0.05) is 64.0 Å². The van der Waals surface area contributed by atoms with E-state index in [1.54, 1.807) is 0 Å². The molecule has 0 amide bonds. The van der Waals surface area contributed by atoms with Crippen LogP contribution >= 0.6 is 0 Å². The van der Waals surface area contributed by atoms with Gasteiger partial charge in [0, 0.05) is 25.3 Å². The predicted molar refractivity (Wildman–Crippen MR) is 99.1 cm³/mol. The quantitative estimate of drug-likeness (QED) is 0.569. The Bertz CT molecular complexity index is 399. The van der Waals surface area contributed by atoms with Crippen LogP contribution in [0.1, 0.15) is 70.0 Å². The third-order valence-corrected chi connectivity index (χ3v) is 4.57. The van der Waals surface area contributed by atoms with Crippen LogP contribution in [-0.2, 0) is 4.74 Å². The molecule has 2 N–H and O–H groups in total. The molecule has 0 saturated carbocycles. The van der Waals surface area contributed by atoms with Gasteiger partial charge in [0.05, 0.1) is 12.7 Å². The van der Waals surface area contributed by atoms with Gasteiger partial charge in [-0.3, -0.25) is 0 Å². The third-order valence-electron chi connectivity index (χ3n) is 4.57. The van der Waals surface area contributed by atoms with Gasteiger partial charge >= 0.3 is 0 Å². The average molecular weight is 319 g/mol. The summed E-state index contributed by atoms with van der Waals surface area (Å²) >= 11 is 0. The molecule has 130 valence electrons. The van der Waals surface area contributed by atoms with Gasteiger partial charge in [0.15, 0.2) is 0 Å². The minimum absolute atomic E-state index is 0.213. The number of hydrogen-bond donors (Lipinski definition) is 2. The smallest absolute Gasteiger partial charge is 0.0949 e. The van der Waals surface area contributed by atoms with E-state index < -0.39 is 0 Å². The van der Waals surface area contributed by atoms with Crippen LogP contribution in [0.5, 0.6) is 0 Å². The second-order valence-corrected chi connectivity index (χ2v) is 6.59. The van der Waals surface area contributed by atoms with Crippen LogP contribution in [0.25, 0.3) is 0 Å². The number of nitrogens with one attached hydrogen (secondary N) is 2. The van der Waals surface area contributed by atoms with Gasteiger partial charge in [-0.25, -0.2) is 0 Å². The summed E-state index contributed by atoms with van der Waals surface area (Å²) in [5, 5.41) is 6.91. The van der Waals surface area contributed by atoms with Gasteiger partial charge in [0.2, 0.25) is 0 Å². The summed E-state index contributed by atoms with van der Waals surface area (Å²) in [6, 6.07) is 8.73. The van der Waals surface area contributed by atoms with Crippen molar-refractivity contribution in [1.29, 1.82) is 0 Å². The SMILES string of the molecule is CCCCCCCCCCNc1ccc(C2CNCCO2)cc1. The monoisotopic (exact) mass is 318 g/mol. The Hall–Kier alpha value is -1.06. The molecule has 3 heteroatoms. The summed E-state index contributed by atoms with van der Waals surface area (Å²) in [6.07, 6.45) is 11.2. The van der Waals surface area contributed by atoms with Crippen molar-refractivity contribution < 1.29 is 4.74 Å². The van der Waals surface area contributed by atoms with E-state index in [-0.39, 0.29) is 6.10 Å². The fourth-order valence-corrected chi connectivity index (χ4v) is 3.09. The zero-order valence-corrected chi connectivity index (χ0v) is 14.8. The molecule has 0 spiro atoms. The number of morpholine rings is 1. The Labute approximate surface area is 142 Å². The number of ether oxygens (including phenoxy) is 1. The van der Waals surface area contributed by atoms with E-state index in [2.05, 4.69) is 41.8 Å². The molecule has 1 heterocycles. The fraction of sp³-hybridized carbons (Fsp3) is 0.700. The van der Waals surface area contributed by atoms with E-state index in [9.17, 15) is 0 Å². The van der Waals surface area contributed by atoms with Crippen molar-refractivity contribution in [3.05, 3.63) is 29.8 Å². The van der Waals surface area contributed by atoms with E-state index in [0.717, 1.165) is 26.2 Å². The summed E-state index contributed by atoms with van der Waals surface area (Å²) in [4.78, 5) is 0. The normalized spacial score (nSPS) is 18.0. The molecule has 23 heavy (non-hydrogen) atoms. The molecule has 1 aliphatic heterocycles. The Morgan fingerprint density at radius 3 is 2.35 bits per heavy atom. The molecule has 0 aliphatic carbocycles. The van der Waals surface area contributed by atoms with E-state index in [1.807, 2.05) is 0 Å². The minimum atomic E-state index is 0.213. The fourth-order valence-electron chi connectivity index (χ4n) is 3.09. The van der Waals surface area contributed by atoms with Crippen LogP contribution < -0.4 is 10.6 Å². The Balaban J connectivity index is 1.54. The third kappa shape index (κ3) is 7.36. The molecular weight excluding hydrogens is 284 g/mol. The molecule has 0 radical (unpaired) electrons. The first-order valence-corrected chi connectivity index (χ1v) is 9.56. The standard InChI is InChI=1S/C20H34N2O/c1-2-3-4-5-6-7-8-9-14-22-19-12-10-18(11-13-19)20-17-21-15-16-23-20/h10-13,20-22H,2-9,14-17H2,1H3. The zero-order valence-electron chi connectivity index (χ0n) is 14.8. The number of hydrogen-bond acceptors (Lipinski definition) is 3. The summed E-state index contributed by atoms with van der Waals surface area (Å²) in [6.45, 7) is 6.05. The Morgan fingerprint density at radius 1 is 1.00 bits per heavy atom. The van der Waals surface area contributed by atoms with Crippen LogP contribution in [0.3, 0.4) is 0 Å². The maximum absolute atomic E-state index is 5.78. The lowest BCUT2D eigenvalue weighted by Gasteiger charge is -2.24. The molecule has 3 nitrogen and oxygen atoms in total. The highest BCUT2D eigenvalue weighted by Crippen LogP contribution is 2.20. The van der Waals surface area contributed by atoms with Crippen LogP contribution in [0.4, 0.5) is 5.69 Å². The summed E-state index contributed by atoms with van der Waals surface area (Å²) in [7, 11) is 0. The molecular formula is C20H34N2O. The maximum atomic E-state index is 5.78. The van der Waals surface area contributed by atoms with E-state index in [0.29, 0.717) is 0 Å². The van der Waals surface area contributed by atoms with Crippen LogP contribution in [-0.4, -0.2) is 26.2 Å². The largest absolute Gasteiger partial charge is 0.385 e. The second-order valence-electron chi connectivity index (χ2n) is 6.59. The van der Waals surface area contributed by atoms with Gasteiger partial charge in [-0.15, -0.1) is 0 Å². The highest BCUT2D eigenvalue weighted by molar-refractivity contribution is 5.45. The van der Waals surface area contributed by atoms with Crippen LogP contribution in [0.2, 0.25) is 0 Å². The lowest BCUT2D eigenvalue weighted by molar-refractivity contribution is 0.0277. The Morgan fingerprint density at radius 2 is 1.70 bits per heavy atom. The maximum Gasteiger partial charge on any atom is 0.0949 e. The highest BCUT2D eigenvalue weighted by Gasteiger charge is 2.14. The molecule has 1 aliphatic rings. The van der Waals surface area contributed by atoms with Crippen molar-refractivity contribution >= 4 is 5.69 Å². The first-order chi connectivity index (χ1) is 11.4. The summed E-state index contributed by atoms with van der Waals surface area (Å²) < 4.78 is 5.78.